The van der Waals surface area contributed by atoms with Crippen LogP contribution in [0.2, 0.25) is 0 Å². The van der Waals surface area contributed by atoms with Crippen LogP contribution in [-0.2, 0) is 0 Å². The smallest absolute Gasteiger partial charge is 0.198 e. The topological polar surface area (TPSA) is 95.2 Å². The summed E-state index contributed by atoms with van der Waals surface area (Å²) in [6.45, 7) is 2.80. The maximum atomic E-state index is 13.1. The molecule has 0 fully saturated rings. The number of ketones is 2. The highest BCUT2D eigenvalue weighted by Crippen LogP contribution is 2.36. The summed E-state index contributed by atoms with van der Waals surface area (Å²) in [7, 11) is 3.73. The second-order valence-electron chi connectivity index (χ2n) is 6.05. The second-order valence-corrected chi connectivity index (χ2v) is 6.05. The van der Waals surface area contributed by atoms with Gasteiger partial charge < -0.3 is 21.3 Å². The minimum atomic E-state index is -0.174. The van der Waals surface area contributed by atoms with Crippen molar-refractivity contribution in [3.63, 3.8) is 0 Å². The van der Waals surface area contributed by atoms with E-state index in [1.807, 2.05) is 26.2 Å². The van der Waals surface area contributed by atoms with Crippen LogP contribution in [0.3, 0.4) is 0 Å². The van der Waals surface area contributed by atoms with Crippen LogP contribution in [0.1, 0.15) is 31.8 Å². The molecule has 7 nitrogen and oxygen atoms in total. The van der Waals surface area contributed by atoms with Gasteiger partial charge in [-0.2, -0.15) is 0 Å². The highest BCUT2D eigenvalue weighted by atomic mass is 35.5. The van der Waals surface area contributed by atoms with Crippen molar-refractivity contribution in [1.82, 2.24) is 15.6 Å². The number of fused-ring (bicyclic) bond motifs is 2. The summed E-state index contributed by atoms with van der Waals surface area (Å²) in [5.41, 5.74) is 2.95. The quantitative estimate of drug-likeness (QED) is 0.382. The lowest BCUT2D eigenvalue weighted by molar-refractivity contribution is 0.0980. The number of nitrogens with one attached hydrogen (secondary N) is 4. The molecule has 1 heterocycles. The third-order valence-corrected chi connectivity index (χ3v) is 4.35. The standard InChI is InChI=1S/C19H23N5O2.3ClH/c1-20-7-9-23-14-3-4-15(24-10-8-21-2)17-16(14)18(25)12-5-6-22-11-13(12)19(17)26;;;/h3-6,11,20-21,23-24H,7-10H2,1-2H3;3*1H. The Morgan fingerprint density at radius 3 is 1.69 bits per heavy atom. The summed E-state index contributed by atoms with van der Waals surface area (Å²) in [5.74, 6) is -0.326. The highest BCUT2D eigenvalue weighted by molar-refractivity contribution is 6.31. The molecule has 0 bridgehead atoms. The van der Waals surface area contributed by atoms with Gasteiger partial charge in [0.2, 0.25) is 0 Å². The summed E-state index contributed by atoms with van der Waals surface area (Å²) < 4.78 is 0. The molecule has 0 amide bonds. The molecule has 1 aromatic carbocycles. The third kappa shape index (κ3) is 5.58. The predicted molar refractivity (Wildman–Crippen MR) is 124 cm³/mol. The number of hydrogen-bond donors (Lipinski definition) is 4. The number of carbonyl (C=O) groups is 2. The van der Waals surface area contributed by atoms with E-state index in [-0.39, 0.29) is 48.8 Å². The van der Waals surface area contributed by atoms with Gasteiger partial charge in [-0.1, -0.05) is 0 Å². The average Bonchev–Trinajstić information content (AvgIpc) is 2.67. The monoisotopic (exact) mass is 461 g/mol. The van der Waals surface area contributed by atoms with Gasteiger partial charge in [0.25, 0.3) is 0 Å². The van der Waals surface area contributed by atoms with E-state index in [9.17, 15) is 9.59 Å². The van der Waals surface area contributed by atoms with Gasteiger partial charge in [0.05, 0.1) is 16.7 Å². The van der Waals surface area contributed by atoms with Crippen LogP contribution in [0.25, 0.3) is 0 Å². The van der Waals surface area contributed by atoms with Gasteiger partial charge in [-0.15, -0.1) is 37.2 Å². The van der Waals surface area contributed by atoms with Crippen LogP contribution in [0.4, 0.5) is 11.4 Å². The first-order valence-electron chi connectivity index (χ1n) is 8.66. The lowest BCUT2D eigenvalue weighted by Gasteiger charge is -2.23. The van der Waals surface area contributed by atoms with E-state index < -0.39 is 0 Å². The fourth-order valence-electron chi connectivity index (χ4n) is 3.06. The van der Waals surface area contributed by atoms with E-state index in [4.69, 9.17) is 0 Å². The van der Waals surface area contributed by atoms with Gasteiger partial charge in [-0.05, 0) is 32.3 Å². The van der Waals surface area contributed by atoms with E-state index >= 15 is 0 Å². The molecule has 1 aliphatic rings. The van der Waals surface area contributed by atoms with Gasteiger partial charge in [-0.25, -0.2) is 0 Å². The molecule has 1 aromatic heterocycles. The predicted octanol–water partition coefficient (Wildman–Crippen LogP) is 2.39. The zero-order chi connectivity index (χ0) is 18.5. The van der Waals surface area contributed by atoms with Crippen molar-refractivity contribution in [3.8, 4) is 0 Å². The molecule has 0 saturated carbocycles. The van der Waals surface area contributed by atoms with E-state index in [1.54, 1.807) is 6.07 Å². The van der Waals surface area contributed by atoms with Gasteiger partial charge in [0, 0.05) is 55.5 Å². The number of hydrogen-bond acceptors (Lipinski definition) is 7. The summed E-state index contributed by atoms with van der Waals surface area (Å²) in [6, 6.07) is 5.31. The number of anilines is 2. The first-order chi connectivity index (χ1) is 12.7. The van der Waals surface area contributed by atoms with Gasteiger partial charge in [0.15, 0.2) is 11.6 Å². The lowest BCUT2D eigenvalue weighted by Crippen LogP contribution is -2.26. The normalized spacial score (nSPS) is 11.2. The minimum absolute atomic E-state index is 0. The number of nitrogens with zero attached hydrogens (tertiary/aromatic N) is 1. The molecule has 160 valence electrons. The van der Waals surface area contributed by atoms with E-state index in [1.165, 1.54) is 12.4 Å². The molecule has 0 unspecified atom stereocenters. The SMILES string of the molecule is CNCCNc1ccc(NCCNC)c2c1C(=O)c1ccncc1C2=O.Cl.Cl.Cl. The van der Waals surface area contributed by atoms with Crippen LogP contribution in [0, 0.1) is 0 Å². The fraction of sp³-hybridized carbons (Fsp3) is 0.316. The molecular weight excluding hydrogens is 437 g/mol. The maximum Gasteiger partial charge on any atom is 0.198 e. The van der Waals surface area contributed by atoms with Crippen molar-refractivity contribution >= 4 is 60.2 Å². The Labute approximate surface area is 189 Å². The van der Waals surface area contributed by atoms with Crippen LogP contribution in [-0.4, -0.2) is 56.8 Å². The molecule has 3 rings (SSSR count). The number of rotatable bonds is 8. The Kier molecular flexibility index (Phi) is 11.8. The van der Waals surface area contributed by atoms with Crippen LogP contribution < -0.4 is 21.3 Å². The first-order valence-corrected chi connectivity index (χ1v) is 8.66. The summed E-state index contributed by atoms with van der Waals surface area (Å²) >= 11 is 0. The molecule has 0 spiro atoms. The van der Waals surface area contributed by atoms with Crippen LogP contribution in [0.15, 0.2) is 30.6 Å². The van der Waals surface area contributed by atoms with Gasteiger partial charge in [0.1, 0.15) is 0 Å². The Morgan fingerprint density at radius 2 is 1.21 bits per heavy atom. The van der Waals surface area contributed by atoms with Crippen molar-refractivity contribution < 1.29 is 9.59 Å². The van der Waals surface area contributed by atoms with Crippen molar-refractivity contribution in [2.45, 2.75) is 0 Å². The molecule has 4 N–H and O–H groups in total. The summed E-state index contributed by atoms with van der Waals surface area (Å²) in [4.78, 5) is 30.2. The molecule has 2 aromatic rings. The Balaban J connectivity index is 0.00000261. The molecule has 10 heteroatoms. The Hall–Kier alpha value is -1.90. The summed E-state index contributed by atoms with van der Waals surface area (Å²) in [6.07, 6.45) is 3.01. The van der Waals surface area contributed by atoms with Gasteiger partial charge in [-0.3, -0.25) is 14.6 Å². The number of pyridine rings is 1. The van der Waals surface area contributed by atoms with E-state index in [0.717, 1.165) is 13.1 Å². The van der Waals surface area contributed by atoms with Crippen molar-refractivity contribution in [1.29, 1.82) is 0 Å². The lowest BCUT2D eigenvalue weighted by atomic mass is 9.83. The number of carbonyl (C=O) groups excluding carboxylic acids is 2. The Morgan fingerprint density at radius 1 is 0.724 bits per heavy atom. The summed E-state index contributed by atoms with van der Waals surface area (Å²) in [5, 5.41) is 12.6. The molecule has 0 atom stereocenters. The van der Waals surface area contributed by atoms with E-state index in [0.29, 0.717) is 46.7 Å². The molecule has 0 radical (unpaired) electrons. The van der Waals surface area contributed by atoms with Crippen molar-refractivity contribution in [3.05, 3.63) is 52.8 Å². The molecule has 0 saturated heterocycles. The zero-order valence-corrected chi connectivity index (χ0v) is 18.7. The number of likely N-dealkylation sites (N-methyl/N-ethyl adjacent to an activating group) is 2. The first kappa shape index (κ1) is 27.1. The minimum Gasteiger partial charge on any atom is -0.383 e. The number of aromatic nitrogens is 1. The Bertz CT molecular complexity index is 781. The van der Waals surface area contributed by atoms with Crippen molar-refractivity contribution in [2.24, 2.45) is 0 Å². The largest absolute Gasteiger partial charge is 0.383 e. The molecule has 29 heavy (non-hydrogen) atoms. The maximum absolute atomic E-state index is 13.1. The number of halogens is 3. The van der Waals surface area contributed by atoms with Gasteiger partial charge >= 0.3 is 0 Å². The second kappa shape index (κ2) is 12.6. The van der Waals surface area contributed by atoms with E-state index in [2.05, 4.69) is 26.3 Å². The fourth-order valence-corrected chi connectivity index (χ4v) is 3.06. The average molecular weight is 463 g/mol. The molecule has 0 aliphatic heterocycles. The number of benzene rings is 1. The molecular formula is C19H26Cl3N5O2. The third-order valence-electron chi connectivity index (χ3n) is 4.35. The van der Waals surface area contributed by atoms with Crippen LogP contribution in [0.5, 0.6) is 0 Å². The zero-order valence-electron chi connectivity index (χ0n) is 16.2. The van der Waals surface area contributed by atoms with Crippen LogP contribution >= 0.6 is 37.2 Å². The van der Waals surface area contributed by atoms with Crippen molar-refractivity contribution in [2.75, 3.05) is 50.9 Å². The molecule has 1 aliphatic carbocycles. The highest BCUT2D eigenvalue weighted by Gasteiger charge is 2.34.